The highest BCUT2D eigenvalue weighted by Gasteiger charge is 2.38. The topological polar surface area (TPSA) is 69.6 Å². The van der Waals surface area contributed by atoms with Crippen molar-refractivity contribution < 1.29 is 14.7 Å². The maximum absolute atomic E-state index is 12.5. The summed E-state index contributed by atoms with van der Waals surface area (Å²) in [6.45, 7) is 0.508. The molecule has 6 heteroatoms. The number of aliphatic hydroxyl groups excluding tert-OH is 1. The Morgan fingerprint density at radius 2 is 2.24 bits per heavy atom. The van der Waals surface area contributed by atoms with Gasteiger partial charge in [-0.05, 0) is 29.9 Å². The van der Waals surface area contributed by atoms with Gasteiger partial charge in [-0.25, -0.2) is 0 Å². The van der Waals surface area contributed by atoms with Gasteiger partial charge in [0.15, 0.2) is 0 Å². The van der Waals surface area contributed by atoms with E-state index in [2.05, 4.69) is 11.4 Å². The number of hydrogen-bond acceptors (Lipinski definition) is 4. The number of rotatable bonds is 3. The summed E-state index contributed by atoms with van der Waals surface area (Å²) in [5.74, 6) is 0.704. The summed E-state index contributed by atoms with van der Waals surface area (Å²) in [4.78, 5) is 25.4. The number of thioether (sulfide) groups is 1. The lowest BCUT2D eigenvalue weighted by Crippen LogP contribution is -2.55. The number of piperidine rings is 1. The van der Waals surface area contributed by atoms with Gasteiger partial charge in [0.2, 0.25) is 5.91 Å². The van der Waals surface area contributed by atoms with Gasteiger partial charge in [0, 0.05) is 24.3 Å². The fourth-order valence-corrected chi connectivity index (χ4v) is 3.53. The number of nitrogens with one attached hydrogen (secondary N) is 1. The monoisotopic (exact) mass is 306 g/mol. The van der Waals surface area contributed by atoms with Crippen LogP contribution in [0.25, 0.3) is 0 Å². The molecule has 0 saturated carbocycles. The van der Waals surface area contributed by atoms with Gasteiger partial charge in [-0.3, -0.25) is 9.59 Å². The quantitative estimate of drug-likeness (QED) is 0.877. The highest BCUT2D eigenvalue weighted by Crippen LogP contribution is 2.29. The Bertz CT molecular complexity index is 590. The van der Waals surface area contributed by atoms with Crippen LogP contribution in [0.15, 0.2) is 18.2 Å². The van der Waals surface area contributed by atoms with Crippen molar-refractivity contribution in [2.75, 3.05) is 6.26 Å². The average molecular weight is 306 g/mol. The summed E-state index contributed by atoms with van der Waals surface area (Å²) in [5.41, 5.74) is 2.92. The molecule has 1 aromatic carbocycles. The zero-order valence-corrected chi connectivity index (χ0v) is 12.7. The summed E-state index contributed by atoms with van der Waals surface area (Å²) in [6.07, 6.45) is 1.92. The molecule has 2 aliphatic heterocycles. The van der Waals surface area contributed by atoms with Crippen LogP contribution >= 0.6 is 11.8 Å². The third-order valence-corrected chi connectivity index (χ3v) is 4.68. The summed E-state index contributed by atoms with van der Waals surface area (Å²) >= 11 is 1.74. The molecule has 2 amide bonds. The highest BCUT2D eigenvalue weighted by molar-refractivity contribution is 7.97. The van der Waals surface area contributed by atoms with Gasteiger partial charge in [0.25, 0.3) is 5.91 Å². The minimum atomic E-state index is -0.977. The van der Waals surface area contributed by atoms with Crippen LogP contribution in [0, 0.1) is 0 Å². The molecular weight excluding hydrogens is 288 g/mol. The molecule has 1 aromatic rings. The molecular formula is C15H18N2O3S. The largest absolute Gasteiger partial charge is 0.372 e. The van der Waals surface area contributed by atoms with E-state index in [0.717, 1.165) is 11.3 Å². The maximum atomic E-state index is 12.5. The molecule has 3 rings (SSSR count). The molecule has 1 saturated heterocycles. The van der Waals surface area contributed by atoms with Crippen molar-refractivity contribution >= 4 is 23.6 Å². The molecule has 2 N–H and O–H groups in total. The zero-order chi connectivity index (χ0) is 15.0. The minimum Gasteiger partial charge on any atom is -0.372 e. The molecule has 0 aliphatic carbocycles. The van der Waals surface area contributed by atoms with E-state index < -0.39 is 6.23 Å². The zero-order valence-electron chi connectivity index (χ0n) is 11.8. The van der Waals surface area contributed by atoms with Gasteiger partial charge >= 0.3 is 0 Å². The van der Waals surface area contributed by atoms with Crippen molar-refractivity contribution in [3.63, 3.8) is 0 Å². The predicted molar refractivity (Wildman–Crippen MR) is 80.7 cm³/mol. The molecule has 2 unspecified atom stereocenters. The second-order valence-corrected chi connectivity index (χ2v) is 6.34. The van der Waals surface area contributed by atoms with E-state index in [-0.39, 0.29) is 17.9 Å². The van der Waals surface area contributed by atoms with Gasteiger partial charge in [-0.1, -0.05) is 12.1 Å². The SMILES string of the molecule is CSCc1ccc2c(c1)CN(C1CCC(=O)NC1O)C2=O. The first-order valence-electron chi connectivity index (χ1n) is 6.99. The molecule has 112 valence electrons. The number of carbonyl (C=O) groups excluding carboxylic acids is 2. The smallest absolute Gasteiger partial charge is 0.254 e. The van der Waals surface area contributed by atoms with Crippen LogP contribution in [0.4, 0.5) is 0 Å². The molecule has 0 aromatic heterocycles. The first kappa shape index (κ1) is 14.4. The van der Waals surface area contributed by atoms with Crippen LogP contribution in [-0.4, -0.2) is 40.3 Å². The van der Waals surface area contributed by atoms with Crippen LogP contribution in [0.3, 0.4) is 0 Å². The number of nitrogens with zero attached hydrogens (tertiary/aromatic N) is 1. The summed E-state index contributed by atoms with van der Waals surface area (Å²) in [7, 11) is 0. The fourth-order valence-electron chi connectivity index (χ4n) is 3.02. The van der Waals surface area contributed by atoms with Crippen LogP contribution in [-0.2, 0) is 17.1 Å². The van der Waals surface area contributed by atoms with E-state index >= 15 is 0 Å². The van der Waals surface area contributed by atoms with Gasteiger partial charge < -0.3 is 15.3 Å². The number of hydrogen-bond donors (Lipinski definition) is 2. The molecule has 21 heavy (non-hydrogen) atoms. The lowest BCUT2D eigenvalue weighted by Gasteiger charge is -2.35. The van der Waals surface area contributed by atoms with Gasteiger partial charge in [-0.15, -0.1) is 0 Å². The van der Waals surface area contributed by atoms with E-state index in [9.17, 15) is 14.7 Å². The van der Waals surface area contributed by atoms with Gasteiger partial charge in [0.05, 0.1) is 6.04 Å². The van der Waals surface area contributed by atoms with Crippen LogP contribution in [0.5, 0.6) is 0 Å². The standard InChI is InChI=1S/C15H18N2O3S/c1-21-8-9-2-3-11-10(6-9)7-17(15(11)20)12-4-5-13(18)16-14(12)19/h2-3,6,12,14,19H,4-5,7-8H2,1H3,(H,16,18). The maximum Gasteiger partial charge on any atom is 0.254 e. The molecule has 2 aliphatic rings. The van der Waals surface area contributed by atoms with Gasteiger partial charge in [-0.2, -0.15) is 11.8 Å². The lowest BCUT2D eigenvalue weighted by atomic mass is 10.0. The van der Waals surface area contributed by atoms with E-state index in [1.807, 2.05) is 18.4 Å². The molecule has 5 nitrogen and oxygen atoms in total. The minimum absolute atomic E-state index is 0.0547. The number of carbonyl (C=O) groups is 2. The van der Waals surface area contributed by atoms with E-state index in [4.69, 9.17) is 0 Å². The van der Waals surface area contributed by atoms with Crippen molar-refractivity contribution in [1.29, 1.82) is 0 Å². The van der Waals surface area contributed by atoms with Crippen LogP contribution in [0.2, 0.25) is 0 Å². The Morgan fingerprint density at radius 1 is 1.43 bits per heavy atom. The Morgan fingerprint density at radius 3 is 2.95 bits per heavy atom. The van der Waals surface area contributed by atoms with Crippen molar-refractivity contribution in [2.45, 2.75) is 37.4 Å². The van der Waals surface area contributed by atoms with Gasteiger partial charge in [0.1, 0.15) is 6.23 Å². The molecule has 0 spiro atoms. The van der Waals surface area contributed by atoms with E-state index in [0.29, 0.717) is 24.9 Å². The van der Waals surface area contributed by atoms with Crippen molar-refractivity contribution in [1.82, 2.24) is 10.2 Å². The van der Waals surface area contributed by atoms with E-state index in [1.165, 1.54) is 5.56 Å². The fraction of sp³-hybridized carbons (Fsp3) is 0.467. The van der Waals surface area contributed by atoms with Crippen molar-refractivity contribution in [2.24, 2.45) is 0 Å². The van der Waals surface area contributed by atoms with Crippen molar-refractivity contribution in [3.8, 4) is 0 Å². The first-order chi connectivity index (χ1) is 10.1. The highest BCUT2D eigenvalue weighted by atomic mass is 32.2. The number of benzene rings is 1. The van der Waals surface area contributed by atoms with Crippen LogP contribution in [0.1, 0.15) is 34.3 Å². The second-order valence-electron chi connectivity index (χ2n) is 5.48. The molecule has 1 fully saturated rings. The summed E-state index contributed by atoms with van der Waals surface area (Å²) in [5, 5.41) is 12.5. The predicted octanol–water partition coefficient (Wildman–Crippen LogP) is 1.10. The Kier molecular flexibility index (Phi) is 3.91. The van der Waals surface area contributed by atoms with Crippen molar-refractivity contribution in [3.05, 3.63) is 34.9 Å². The second kappa shape index (κ2) is 5.69. The lowest BCUT2D eigenvalue weighted by molar-refractivity contribution is -0.129. The Hall–Kier alpha value is -1.53. The number of aliphatic hydroxyl groups is 1. The Balaban J connectivity index is 1.81. The van der Waals surface area contributed by atoms with E-state index in [1.54, 1.807) is 16.7 Å². The normalized spacial score (nSPS) is 25.0. The van der Waals surface area contributed by atoms with Crippen LogP contribution < -0.4 is 5.32 Å². The molecule has 2 atom stereocenters. The molecule has 2 heterocycles. The molecule has 0 radical (unpaired) electrons. The molecule has 0 bridgehead atoms. The third-order valence-electron chi connectivity index (χ3n) is 4.05. The average Bonchev–Trinajstić information content (AvgIpc) is 2.76. The summed E-state index contributed by atoms with van der Waals surface area (Å²) in [6, 6.07) is 5.58. The number of amides is 2. The first-order valence-corrected chi connectivity index (χ1v) is 8.38. The Labute approximate surface area is 127 Å². The number of fused-ring (bicyclic) bond motifs is 1. The third kappa shape index (κ3) is 2.65. The summed E-state index contributed by atoms with van der Waals surface area (Å²) < 4.78 is 0.